The number of aryl methyl sites for hydroxylation is 1. The van der Waals surface area contributed by atoms with Gasteiger partial charge in [0.2, 0.25) is 0 Å². The van der Waals surface area contributed by atoms with Crippen molar-refractivity contribution in [3.63, 3.8) is 0 Å². The Morgan fingerprint density at radius 3 is 2.24 bits per heavy atom. The molecule has 0 saturated heterocycles. The molecule has 0 spiro atoms. The maximum Gasteiger partial charge on any atom is 0.328 e. The summed E-state index contributed by atoms with van der Waals surface area (Å²) in [5, 5.41) is 0. The monoisotopic (exact) mass is 287 g/mol. The molecule has 2 N–H and O–H groups in total. The summed E-state index contributed by atoms with van der Waals surface area (Å²) in [7, 11) is 0. The number of nitrogens with zero attached hydrogens (tertiary/aromatic N) is 2. The molecule has 1 unspecified atom stereocenters. The van der Waals surface area contributed by atoms with Crippen molar-refractivity contribution in [2.24, 2.45) is 11.7 Å². The Labute approximate surface area is 126 Å². The van der Waals surface area contributed by atoms with Gasteiger partial charge in [0.05, 0.1) is 0 Å². The Morgan fingerprint density at radius 2 is 1.71 bits per heavy atom. The highest BCUT2D eigenvalue weighted by molar-refractivity contribution is 5.25. The largest absolute Gasteiger partial charge is 0.328 e. The van der Waals surface area contributed by atoms with Crippen molar-refractivity contribution in [2.75, 3.05) is 0 Å². The maximum absolute atomic E-state index is 12.0. The molecule has 0 aliphatic carbocycles. The van der Waals surface area contributed by atoms with Gasteiger partial charge in [-0.1, -0.05) is 38.1 Å². The van der Waals surface area contributed by atoms with Gasteiger partial charge in [-0.3, -0.25) is 9.13 Å². The van der Waals surface area contributed by atoms with E-state index in [4.69, 9.17) is 5.73 Å². The number of hydrogen-bond donors (Lipinski definition) is 1. The molecule has 0 bridgehead atoms. The van der Waals surface area contributed by atoms with Crippen LogP contribution >= 0.6 is 0 Å². The molecule has 0 radical (unpaired) electrons. The molecule has 4 heteroatoms. The van der Waals surface area contributed by atoms with Crippen LogP contribution in [0.5, 0.6) is 0 Å². The van der Waals surface area contributed by atoms with Crippen LogP contribution in [0.15, 0.2) is 41.5 Å². The standard InChI is InChI=1S/C17H25N3O/c1-4-19-9-10-20(17(19)21)12-16(18)15-7-5-14(6-8-15)11-13(2)3/h5-10,13,16H,4,11-12,18H2,1-3H3. The van der Waals surface area contributed by atoms with Crippen molar-refractivity contribution >= 4 is 0 Å². The van der Waals surface area contributed by atoms with E-state index < -0.39 is 0 Å². The van der Waals surface area contributed by atoms with E-state index in [9.17, 15) is 4.79 Å². The number of imidazole rings is 1. The number of benzene rings is 1. The molecule has 2 aromatic rings. The molecule has 0 saturated carbocycles. The van der Waals surface area contributed by atoms with E-state index in [0.717, 1.165) is 12.0 Å². The van der Waals surface area contributed by atoms with Gasteiger partial charge >= 0.3 is 5.69 Å². The summed E-state index contributed by atoms with van der Waals surface area (Å²) in [5.41, 5.74) is 8.63. The van der Waals surface area contributed by atoms with Gasteiger partial charge in [-0.15, -0.1) is 0 Å². The first-order valence-corrected chi connectivity index (χ1v) is 7.61. The third-order valence-electron chi connectivity index (χ3n) is 3.70. The molecule has 1 atom stereocenters. The number of aromatic nitrogens is 2. The first-order chi connectivity index (χ1) is 10.0. The SMILES string of the molecule is CCn1ccn(CC(N)c2ccc(CC(C)C)cc2)c1=O. The first-order valence-electron chi connectivity index (χ1n) is 7.61. The van der Waals surface area contributed by atoms with Gasteiger partial charge in [0.1, 0.15) is 0 Å². The molecule has 0 fully saturated rings. The highest BCUT2D eigenvalue weighted by atomic mass is 16.1. The Kier molecular flexibility index (Phi) is 5.02. The second kappa shape index (κ2) is 6.76. The first kappa shape index (κ1) is 15.6. The minimum absolute atomic E-state index is 0.00405. The van der Waals surface area contributed by atoms with Crippen molar-refractivity contribution in [3.05, 3.63) is 58.3 Å². The Balaban J connectivity index is 2.07. The zero-order valence-electron chi connectivity index (χ0n) is 13.1. The van der Waals surface area contributed by atoms with Gasteiger partial charge < -0.3 is 5.73 Å². The molecule has 21 heavy (non-hydrogen) atoms. The van der Waals surface area contributed by atoms with E-state index in [1.807, 2.05) is 6.92 Å². The lowest BCUT2D eigenvalue weighted by atomic mass is 9.99. The highest BCUT2D eigenvalue weighted by Crippen LogP contribution is 2.15. The molecule has 4 nitrogen and oxygen atoms in total. The lowest BCUT2D eigenvalue weighted by molar-refractivity contribution is 0.547. The van der Waals surface area contributed by atoms with Crippen molar-refractivity contribution < 1.29 is 0 Å². The van der Waals surface area contributed by atoms with Crippen molar-refractivity contribution in [3.8, 4) is 0 Å². The summed E-state index contributed by atoms with van der Waals surface area (Å²) in [6.45, 7) is 7.58. The fraction of sp³-hybridized carbons (Fsp3) is 0.471. The van der Waals surface area contributed by atoms with Crippen LogP contribution in [-0.2, 0) is 19.5 Å². The number of hydrogen-bond acceptors (Lipinski definition) is 2. The normalized spacial score (nSPS) is 12.8. The molecule has 0 aliphatic heterocycles. The quantitative estimate of drug-likeness (QED) is 0.887. The van der Waals surface area contributed by atoms with E-state index >= 15 is 0 Å². The van der Waals surface area contributed by atoms with Crippen LogP contribution in [-0.4, -0.2) is 9.13 Å². The van der Waals surface area contributed by atoms with Crippen LogP contribution in [0.1, 0.15) is 37.9 Å². The average Bonchev–Trinajstić information content (AvgIpc) is 2.79. The molecule has 0 amide bonds. The van der Waals surface area contributed by atoms with E-state index in [-0.39, 0.29) is 11.7 Å². The molecular formula is C17H25N3O. The topological polar surface area (TPSA) is 52.9 Å². The van der Waals surface area contributed by atoms with Crippen LogP contribution in [0, 0.1) is 5.92 Å². The number of rotatable bonds is 6. The molecule has 2 rings (SSSR count). The van der Waals surface area contributed by atoms with Crippen LogP contribution in [0.2, 0.25) is 0 Å². The van der Waals surface area contributed by atoms with Gasteiger partial charge in [0, 0.05) is 31.5 Å². The van der Waals surface area contributed by atoms with Crippen molar-refractivity contribution in [1.82, 2.24) is 9.13 Å². The third kappa shape index (κ3) is 3.85. The van der Waals surface area contributed by atoms with E-state index in [2.05, 4.69) is 38.1 Å². The van der Waals surface area contributed by atoms with Gasteiger partial charge in [0.15, 0.2) is 0 Å². The molecule has 1 aromatic carbocycles. The summed E-state index contributed by atoms with van der Waals surface area (Å²) in [6.07, 6.45) is 4.69. The van der Waals surface area contributed by atoms with Crippen molar-refractivity contribution in [1.29, 1.82) is 0 Å². The van der Waals surface area contributed by atoms with Crippen LogP contribution in [0.4, 0.5) is 0 Å². The summed E-state index contributed by atoms with van der Waals surface area (Å²) in [6, 6.07) is 8.25. The molecule has 1 heterocycles. The smallest absolute Gasteiger partial charge is 0.322 e. The summed E-state index contributed by atoms with van der Waals surface area (Å²) in [4.78, 5) is 12.0. The number of nitrogens with two attached hydrogens (primary N) is 1. The van der Waals surface area contributed by atoms with Gasteiger partial charge in [-0.25, -0.2) is 4.79 Å². The van der Waals surface area contributed by atoms with Gasteiger partial charge in [0.25, 0.3) is 0 Å². The predicted molar refractivity (Wildman–Crippen MR) is 86.3 cm³/mol. The maximum atomic E-state index is 12.0. The summed E-state index contributed by atoms with van der Waals surface area (Å²) in [5.74, 6) is 0.650. The fourth-order valence-corrected chi connectivity index (χ4v) is 2.52. The molecule has 1 aromatic heterocycles. The van der Waals surface area contributed by atoms with E-state index in [0.29, 0.717) is 19.0 Å². The van der Waals surface area contributed by atoms with Crippen LogP contribution in [0.3, 0.4) is 0 Å². The summed E-state index contributed by atoms with van der Waals surface area (Å²) >= 11 is 0. The van der Waals surface area contributed by atoms with Crippen LogP contribution < -0.4 is 11.4 Å². The predicted octanol–water partition coefficient (Wildman–Crippen LogP) is 2.57. The summed E-state index contributed by atoms with van der Waals surface area (Å²) < 4.78 is 3.36. The second-order valence-electron chi connectivity index (χ2n) is 5.97. The van der Waals surface area contributed by atoms with Crippen LogP contribution in [0.25, 0.3) is 0 Å². The average molecular weight is 287 g/mol. The Hall–Kier alpha value is -1.81. The minimum Gasteiger partial charge on any atom is -0.322 e. The lowest BCUT2D eigenvalue weighted by Gasteiger charge is -2.13. The van der Waals surface area contributed by atoms with Crippen molar-refractivity contribution in [2.45, 2.75) is 46.3 Å². The molecule has 114 valence electrons. The highest BCUT2D eigenvalue weighted by Gasteiger charge is 2.10. The third-order valence-corrected chi connectivity index (χ3v) is 3.70. The van der Waals surface area contributed by atoms with E-state index in [1.54, 1.807) is 21.5 Å². The zero-order chi connectivity index (χ0) is 15.4. The Morgan fingerprint density at radius 1 is 1.10 bits per heavy atom. The van der Waals surface area contributed by atoms with Gasteiger partial charge in [-0.05, 0) is 30.4 Å². The van der Waals surface area contributed by atoms with E-state index in [1.165, 1.54) is 5.56 Å². The molecular weight excluding hydrogens is 262 g/mol. The fourth-order valence-electron chi connectivity index (χ4n) is 2.52. The minimum atomic E-state index is -0.163. The van der Waals surface area contributed by atoms with Gasteiger partial charge in [-0.2, -0.15) is 0 Å². The zero-order valence-corrected chi connectivity index (χ0v) is 13.1. The molecule has 0 aliphatic rings. The Bertz CT molecular complexity index is 622. The lowest BCUT2D eigenvalue weighted by Crippen LogP contribution is -2.28. The second-order valence-corrected chi connectivity index (χ2v) is 5.97.